The number of piperidine rings is 1. The first-order chi connectivity index (χ1) is 15.8. The van der Waals surface area contributed by atoms with Crippen LogP contribution in [-0.4, -0.2) is 81.3 Å². The Morgan fingerprint density at radius 2 is 1.91 bits per heavy atom. The van der Waals surface area contributed by atoms with E-state index in [0.29, 0.717) is 19.1 Å². The van der Waals surface area contributed by atoms with Crippen molar-refractivity contribution in [2.75, 3.05) is 59.6 Å². The average Bonchev–Trinajstić information content (AvgIpc) is 2.86. The Labute approximate surface area is 192 Å². The molecule has 3 aliphatic rings. The smallest absolute Gasteiger partial charge is 0.225 e. The molecule has 7 heteroatoms. The molecule has 0 saturated carbocycles. The molecule has 0 bridgehead atoms. The van der Waals surface area contributed by atoms with E-state index in [4.69, 9.17) is 9.47 Å². The highest BCUT2D eigenvalue weighted by Gasteiger charge is 2.30. The van der Waals surface area contributed by atoms with Crippen molar-refractivity contribution in [3.8, 4) is 0 Å². The van der Waals surface area contributed by atoms with Crippen molar-refractivity contribution < 1.29 is 14.3 Å². The summed E-state index contributed by atoms with van der Waals surface area (Å²) in [6.07, 6.45) is 6.46. The summed E-state index contributed by atoms with van der Waals surface area (Å²) in [7, 11) is 1.84. The van der Waals surface area contributed by atoms with Gasteiger partial charge < -0.3 is 24.6 Å². The van der Waals surface area contributed by atoms with E-state index >= 15 is 0 Å². The molecule has 2 heterocycles. The normalized spacial score (nSPS) is 22.5. The molecule has 0 spiro atoms. The highest BCUT2D eigenvalue weighted by atomic mass is 16.5. The maximum atomic E-state index is 12.7. The number of hydrogen-bond acceptors (Lipinski definition) is 4. The summed E-state index contributed by atoms with van der Waals surface area (Å²) in [4.78, 5) is 21.5. The lowest BCUT2D eigenvalue weighted by Gasteiger charge is -2.36. The predicted molar refractivity (Wildman–Crippen MR) is 126 cm³/mol. The van der Waals surface area contributed by atoms with Gasteiger partial charge in [-0.05, 0) is 49.7 Å². The highest BCUT2D eigenvalue weighted by molar-refractivity contribution is 5.81. The van der Waals surface area contributed by atoms with Crippen LogP contribution in [0.25, 0.3) is 0 Å². The van der Waals surface area contributed by atoms with E-state index in [-0.39, 0.29) is 12.0 Å². The number of morpholine rings is 1. The molecular formula is C25H38N4O3. The van der Waals surface area contributed by atoms with Gasteiger partial charge in [0.2, 0.25) is 5.91 Å². The van der Waals surface area contributed by atoms with E-state index in [1.165, 1.54) is 24.0 Å². The van der Waals surface area contributed by atoms with Crippen molar-refractivity contribution in [2.45, 2.75) is 44.6 Å². The van der Waals surface area contributed by atoms with Crippen LogP contribution >= 0.6 is 0 Å². The van der Waals surface area contributed by atoms with E-state index in [1.54, 1.807) is 0 Å². The lowest BCUT2D eigenvalue weighted by Crippen LogP contribution is -2.50. The fraction of sp³-hybridized carbons (Fsp3) is 0.680. The summed E-state index contributed by atoms with van der Waals surface area (Å²) in [5.74, 6) is 1.37. The Morgan fingerprint density at radius 3 is 2.69 bits per heavy atom. The number of benzene rings is 1. The first-order valence-electron chi connectivity index (χ1n) is 12.3. The Kier molecular flexibility index (Phi) is 8.40. The monoisotopic (exact) mass is 442 g/mol. The van der Waals surface area contributed by atoms with Gasteiger partial charge in [0.05, 0.1) is 19.3 Å². The Hall–Kier alpha value is -2.12. The van der Waals surface area contributed by atoms with Crippen LogP contribution in [0, 0.1) is 5.92 Å². The van der Waals surface area contributed by atoms with E-state index in [2.05, 4.69) is 39.5 Å². The number of carbonyl (C=O) groups excluding carboxylic acids is 1. The zero-order chi connectivity index (χ0) is 22.2. The predicted octanol–water partition coefficient (Wildman–Crippen LogP) is 2.62. The van der Waals surface area contributed by atoms with Crippen molar-refractivity contribution >= 4 is 11.9 Å². The van der Waals surface area contributed by atoms with Crippen molar-refractivity contribution in [3.63, 3.8) is 0 Å². The van der Waals surface area contributed by atoms with Crippen LogP contribution in [0.4, 0.5) is 0 Å². The van der Waals surface area contributed by atoms with Crippen LogP contribution in [0.3, 0.4) is 0 Å². The van der Waals surface area contributed by atoms with Gasteiger partial charge >= 0.3 is 0 Å². The molecule has 32 heavy (non-hydrogen) atoms. The molecule has 1 aromatic rings. The molecule has 1 amide bonds. The maximum absolute atomic E-state index is 12.7. The minimum atomic E-state index is 0.134. The van der Waals surface area contributed by atoms with Crippen molar-refractivity contribution in [3.05, 3.63) is 35.4 Å². The van der Waals surface area contributed by atoms with Gasteiger partial charge in [-0.1, -0.05) is 24.3 Å². The van der Waals surface area contributed by atoms with Gasteiger partial charge in [0.25, 0.3) is 0 Å². The number of ether oxygens (including phenoxy) is 2. The van der Waals surface area contributed by atoms with Crippen LogP contribution in [-0.2, 0) is 20.7 Å². The molecule has 7 nitrogen and oxygen atoms in total. The summed E-state index contributed by atoms with van der Waals surface area (Å²) < 4.78 is 11.6. The number of fused-ring (bicyclic) bond motifs is 1. The summed E-state index contributed by atoms with van der Waals surface area (Å²) >= 11 is 0. The summed E-state index contributed by atoms with van der Waals surface area (Å²) in [6, 6.07) is 8.68. The minimum Gasteiger partial charge on any atom is -0.378 e. The second kappa shape index (κ2) is 11.7. The number of amides is 1. The third-order valence-electron chi connectivity index (χ3n) is 6.92. The fourth-order valence-corrected chi connectivity index (χ4v) is 5.09. The minimum absolute atomic E-state index is 0.134. The summed E-state index contributed by atoms with van der Waals surface area (Å²) in [5.41, 5.74) is 2.81. The Balaban J connectivity index is 1.15. The molecule has 0 radical (unpaired) electrons. The van der Waals surface area contributed by atoms with Crippen LogP contribution < -0.4 is 5.32 Å². The summed E-state index contributed by atoms with van der Waals surface area (Å²) in [6.45, 7) is 6.13. The van der Waals surface area contributed by atoms with Crippen LogP contribution in [0.15, 0.2) is 29.3 Å². The molecule has 2 aliphatic heterocycles. The molecule has 1 unspecified atom stereocenters. The molecular weight excluding hydrogens is 404 g/mol. The number of nitrogens with zero attached hydrogens (tertiary/aromatic N) is 3. The van der Waals surface area contributed by atoms with Gasteiger partial charge in [-0.25, -0.2) is 0 Å². The molecule has 1 atom stereocenters. The number of aliphatic imine (C=N–C) groups is 1. The van der Waals surface area contributed by atoms with Crippen molar-refractivity contribution in [1.29, 1.82) is 0 Å². The van der Waals surface area contributed by atoms with Crippen molar-refractivity contribution in [2.24, 2.45) is 10.9 Å². The average molecular weight is 443 g/mol. The van der Waals surface area contributed by atoms with Gasteiger partial charge in [-0.15, -0.1) is 0 Å². The Bertz CT molecular complexity index is 770. The molecule has 1 aliphatic carbocycles. The first-order valence-corrected chi connectivity index (χ1v) is 12.3. The third-order valence-corrected chi connectivity index (χ3v) is 6.92. The van der Waals surface area contributed by atoms with Crippen molar-refractivity contribution in [1.82, 2.24) is 15.1 Å². The molecule has 176 valence electrons. The first kappa shape index (κ1) is 23.1. The number of guanidine groups is 1. The second-order valence-corrected chi connectivity index (χ2v) is 8.98. The molecule has 2 saturated heterocycles. The van der Waals surface area contributed by atoms with Crippen LogP contribution in [0.2, 0.25) is 0 Å². The van der Waals surface area contributed by atoms with E-state index in [1.807, 2.05) is 11.9 Å². The topological polar surface area (TPSA) is 66.4 Å². The van der Waals surface area contributed by atoms with Crippen LogP contribution in [0.5, 0.6) is 0 Å². The third kappa shape index (κ3) is 5.81. The SMILES string of the molecule is CN=C(NCCCOC1CCCc2ccccc21)N1CCC(C(=O)N2CCOCC2)CC1. The lowest BCUT2D eigenvalue weighted by atomic mass is 9.89. The van der Waals surface area contributed by atoms with Crippen LogP contribution in [0.1, 0.15) is 49.3 Å². The molecule has 1 N–H and O–H groups in total. The second-order valence-electron chi connectivity index (χ2n) is 8.98. The van der Waals surface area contributed by atoms with Gasteiger partial charge in [0.15, 0.2) is 5.96 Å². The number of aryl methyl sites for hydroxylation is 1. The van der Waals surface area contributed by atoms with E-state index in [0.717, 1.165) is 71.0 Å². The highest BCUT2D eigenvalue weighted by Crippen LogP contribution is 2.32. The molecule has 0 aromatic heterocycles. The zero-order valence-corrected chi connectivity index (χ0v) is 19.4. The number of carbonyl (C=O) groups is 1. The van der Waals surface area contributed by atoms with Gasteiger partial charge in [0.1, 0.15) is 0 Å². The quantitative estimate of drug-likeness (QED) is 0.417. The molecule has 2 fully saturated rings. The number of hydrogen-bond donors (Lipinski definition) is 1. The molecule has 1 aromatic carbocycles. The zero-order valence-electron chi connectivity index (χ0n) is 19.4. The standard InChI is InChI=1S/C25H38N4O3/c1-26-25(29-13-10-21(11-14-29)24(30)28-15-18-31-19-16-28)27-12-5-17-32-23-9-4-7-20-6-2-3-8-22(20)23/h2-3,6,8,21,23H,4-5,7,9-19H2,1H3,(H,26,27). The maximum Gasteiger partial charge on any atom is 0.225 e. The number of nitrogens with one attached hydrogen (secondary N) is 1. The largest absolute Gasteiger partial charge is 0.378 e. The van der Waals surface area contributed by atoms with E-state index in [9.17, 15) is 4.79 Å². The molecule has 4 rings (SSSR count). The van der Waals surface area contributed by atoms with Gasteiger partial charge in [-0.2, -0.15) is 0 Å². The summed E-state index contributed by atoms with van der Waals surface area (Å²) in [5, 5.41) is 3.49. The number of rotatable bonds is 6. The van der Waals surface area contributed by atoms with Gasteiger partial charge in [-0.3, -0.25) is 9.79 Å². The lowest BCUT2D eigenvalue weighted by molar-refractivity contribution is -0.140. The fourth-order valence-electron chi connectivity index (χ4n) is 5.09. The van der Waals surface area contributed by atoms with Gasteiger partial charge in [0, 0.05) is 52.3 Å². The van der Waals surface area contributed by atoms with E-state index < -0.39 is 0 Å². The Morgan fingerprint density at radius 1 is 1.12 bits per heavy atom. The number of likely N-dealkylation sites (tertiary alicyclic amines) is 1.